The zero-order chi connectivity index (χ0) is 22.1. The number of rotatable bonds is 5. The molecule has 4 rings (SSSR count). The van der Waals surface area contributed by atoms with E-state index in [1.165, 1.54) is 30.3 Å². The lowest BCUT2D eigenvalue weighted by Crippen LogP contribution is -2.30. The predicted molar refractivity (Wildman–Crippen MR) is 108 cm³/mol. The van der Waals surface area contributed by atoms with Crippen LogP contribution in [0.4, 0.5) is 20.7 Å². The number of ether oxygens (including phenoxy) is 1. The fourth-order valence-corrected chi connectivity index (χ4v) is 3.09. The van der Waals surface area contributed by atoms with Crippen LogP contribution in [0.5, 0.6) is 11.6 Å². The molecule has 0 aliphatic carbocycles. The summed E-state index contributed by atoms with van der Waals surface area (Å²) in [6, 6.07) is 12.3. The lowest BCUT2D eigenvalue weighted by Gasteiger charge is -2.19. The maximum absolute atomic E-state index is 13.7. The molecule has 11 heteroatoms. The molecule has 9 nitrogen and oxygen atoms in total. The molecule has 0 saturated carbocycles. The van der Waals surface area contributed by atoms with E-state index in [-0.39, 0.29) is 39.3 Å². The van der Waals surface area contributed by atoms with Gasteiger partial charge < -0.3 is 9.84 Å². The van der Waals surface area contributed by atoms with Gasteiger partial charge in [-0.05, 0) is 36.4 Å². The molecule has 3 aromatic rings. The largest absolute Gasteiger partial charge is 0.464 e. The molecule has 0 saturated heterocycles. The van der Waals surface area contributed by atoms with Crippen molar-refractivity contribution in [1.82, 2.24) is 10.4 Å². The Bertz CT molecular complexity index is 1200. The number of carboxylic acid groups (broad SMARTS) is 1. The van der Waals surface area contributed by atoms with Gasteiger partial charge in [0.25, 0.3) is 11.8 Å². The van der Waals surface area contributed by atoms with Crippen molar-refractivity contribution in [3.63, 3.8) is 0 Å². The number of anilines is 2. The molecule has 0 spiro atoms. The van der Waals surface area contributed by atoms with Gasteiger partial charge in [0.2, 0.25) is 5.88 Å². The first-order valence-electron chi connectivity index (χ1n) is 8.72. The van der Waals surface area contributed by atoms with E-state index in [2.05, 4.69) is 10.4 Å². The molecule has 1 aliphatic rings. The van der Waals surface area contributed by atoms with Gasteiger partial charge in [-0.1, -0.05) is 23.7 Å². The number of hydrogen-bond acceptors (Lipinski definition) is 6. The Balaban J connectivity index is 1.78. The van der Waals surface area contributed by atoms with Gasteiger partial charge in [-0.3, -0.25) is 15.0 Å². The molecular weight excluding hydrogens is 431 g/mol. The molecule has 0 fully saturated rings. The molecule has 156 valence electrons. The van der Waals surface area contributed by atoms with Crippen molar-refractivity contribution in [3.05, 3.63) is 76.6 Å². The second kappa shape index (κ2) is 7.92. The van der Waals surface area contributed by atoms with Crippen LogP contribution >= 0.6 is 11.6 Å². The zero-order valence-electron chi connectivity index (χ0n) is 15.4. The van der Waals surface area contributed by atoms with Crippen LogP contribution in [-0.4, -0.2) is 28.0 Å². The van der Waals surface area contributed by atoms with Crippen LogP contribution in [0.1, 0.15) is 20.7 Å². The van der Waals surface area contributed by atoms with E-state index in [1.54, 1.807) is 12.1 Å². The van der Waals surface area contributed by atoms with Gasteiger partial charge in [0.05, 0.1) is 16.1 Å². The third kappa shape index (κ3) is 3.83. The van der Waals surface area contributed by atoms with Gasteiger partial charge in [-0.15, -0.1) is 0 Å². The number of fused-ring (bicyclic) bond motifs is 1. The van der Waals surface area contributed by atoms with Crippen molar-refractivity contribution in [1.29, 1.82) is 0 Å². The molecule has 0 bridgehead atoms. The van der Waals surface area contributed by atoms with Crippen LogP contribution in [0.25, 0.3) is 0 Å². The lowest BCUT2D eigenvalue weighted by molar-refractivity contribution is 0.0925. The number of aromatic nitrogens is 1. The molecule has 31 heavy (non-hydrogen) atoms. The van der Waals surface area contributed by atoms with Crippen molar-refractivity contribution in [2.75, 3.05) is 10.3 Å². The average Bonchev–Trinajstić information content (AvgIpc) is 3.00. The van der Waals surface area contributed by atoms with Crippen LogP contribution in [0.15, 0.2) is 54.6 Å². The van der Waals surface area contributed by atoms with Gasteiger partial charge in [0.1, 0.15) is 17.3 Å². The third-order valence-corrected chi connectivity index (χ3v) is 4.58. The number of imide groups is 1. The van der Waals surface area contributed by atoms with Crippen LogP contribution in [0, 0.1) is 5.82 Å². The lowest BCUT2D eigenvalue weighted by atomic mass is 10.1. The highest BCUT2D eigenvalue weighted by atomic mass is 35.5. The van der Waals surface area contributed by atoms with E-state index in [0.29, 0.717) is 0 Å². The SMILES string of the molecule is O=C(O)NNc1ccc(N2C(=O)c3ccccc3C2=O)c(Oc2cc(F)ccc2Cl)n1. The molecule has 3 amide bonds. The van der Waals surface area contributed by atoms with E-state index in [4.69, 9.17) is 21.4 Å². The number of benzene rings is 2. The molecule has 2 aromatic carbocycles. The summed E-state index contributed by atoms with van der Waals surface area (Å²) in [6.45, 7) is 0. The molecular formula is C20H12ClFN4O5. The Morgan fingerprint density at radius 3 is 2.39 bits per heavy atom. The first kappa shape index (κ1) is 20.1. The van der Waals surface area contributed by atoms with E-state index >= 15 is 0 Å². The van der Waals surface area contributed by atoms with Crippen molar-refractivity contribution in [2.45, 2.75) is 0 Å². The van der Waals surface area contributed by atoms with Crippen molar-refractivity contribution in [3.8, 4) is 11.6 Å². The van der Waals surface area contributed by atoms with Crippen LogP contribution < -0.4 is 20.5 Å². The Hall–Kier alpha value is -4.18. The summed E-state index contributed by atoms with van der Waals surface area (Å²) < 4.78 is 19.3. The summed E-state index contributed by atoms with van der Waals surface area (Å²) in [4.78, 5) is 41.4. The smallest absolute Gasteiger partial charge is 0.423 e. The molecule has 2 heterocycles. The minimum Gasteiger partial charge on any atom is -0.464 e. The number of nitrogens with zero attached hydrogens (tertiary/aromatic N) is 2. The van der Waals surface area contributed by atoms with E-state index in [0.717, 1.165) is 17.0 Å². The quantitative estimate of drug-likeness (QED) is 0.402. The Morgan fingerprint density at radius 1 is 1.06 bits per heavy atom. The Labute approximate surface area is 179 Å². The first-order valence-corrected chi connectivity index (χ1v) is 9.09. The van der Waals surface area contributed by atoms with Crippen LogP contribution in [-0.2, 0) is 0 Å². The standard InChI is InChI=1S/C20H12ClFN4O5/c21-13-6-5-10(22)9-15(13)31-17-14(7-8-16(23-17)24-25-20(29)30)26-18(27)11-3-1-2-4-12(11)19(26)28/h1-9,25H,(H,23,24)(H,29,30). The predicted octanol–water partition coefficient (Wildman–Crippen LogP) is 4.06. The van der Waals surface area contributed by atoms with Gasteiger partial charge in [0, 0.05) is 6.07 Å². The number of carbonyl (C=O) groups is 3. The van der Waals surface area contributed by atoms with Crippen molar-refractivity contribution >= 4 is 41.0 Å². The first-order chi connectivity index (χ1) is 14.8. The van der Waals surface area contributed by atoms with E-state index in [9.17, 15) is 18.8 Å². The summed E-state index contributed by atoms with van der Waals surface area (Å²) in [6.07, 6.45) is -1.37. The second-order valence-corrected chi connectivity index (χ2v) is 6.65. The minimum atomic E-state index is -1.37. The van der Waals surface area contributed by atoms with Gasteiger partial charge in [-0.25, -0.2) is 19.5 Å². The zero-order valence-corrected chi connectivity index (χ0v) is 16.2. The maximum atomic E-state index is 13.7. The second-order valence-electron chi connectivity index (χ2n) is 6.24. The molecule has 3 N–H and O–H groups in total. The topological polar surface area (TPSA) is 121 Å². The number of carbonyl (C=O) groups excluding carboxylic acids is 2. The average molecular weight is 443 g/mol. The van der Waals surface area contributed by atoms with Crippen LogP contribution in [0.3, 0.4) is 0 Å². The monoisotopic (exact) mass is 442 g/mol. The van der Waals surface area contributed by atoms with Crippen molar-refractivity contribution in [2.24, 2.45) is 0 Å². The third-order valence-electron chi connectivity index (χ3n) is 4.27. The number of pyridine rings is 1. The summed E-state index contributed by atoms with van der Waals surface area (Å²) in [5.41, 5.74) is 4.60. The highest BCUT2D eigenvalue weighted by Gasteiger charge is 2.38. The Kier molecular flexibility index (Phi) is 5.14. The number of halogens is 2. The highest BCUT2D eigenvalue weighted by Crippen LogP contribution is 2.38. The molecule has 0 radical (unpaired) electrons. The van der Waals surface area contributed by atoms with E-state index in [1.807, 2.05) is 5.43 Å². The fraction of sp³-hybridized carbons (Fsp3) is 0. The maximum Gasteiger partial charge on any atom is 0.423 e. The summed E-state index contributed by atoms with van der Waals surface area (Å²) in [5.74, 6) is -2.23. The normalized spacial score (nSPS) is 12.5. The minimum absolute atomic E-state index is 0.00900. The Morgan fingerprint density at radius 2 is 1.74 bits per heavy atom. The van der Waals surface area contributed by atoms with Gasteiger partial charge >= 0.3 is 6.09 Å². The number of nitrogens with one attached hydrogen (secondary N) is 2. The molecule has 1 aromatic heterocycles. The van der Waals surface area contributed by atoms with E-state index < -0.39 is 23.7 Å². The van der Waals surface area contributed by atoms with Gasteiger partial charge in [-0.2, -0.15) is 4.98 Å². The highest BCUT2D eigenvalue weighted by molar-refractivity contribution is 6.35. The molecule has 1 aliphatic heterocycles. The summed E-state index contributed by atoms with van der Waals surface area (Å²) in [7, 11) is 0. The number of hydrazine groups is 1. The van der Waals surface area contributed by atoms with Crippen LogP contribution in [0.2, 0.25) is 5.02 Å². The summed E-state index contributed by atoms with van der Waals surface area (Å²) >= 11 is 6.06. The van der Waals surface area contributed by atoms with Crippen molar-refractivity contribution < 1.29 is 28.6 Å². The molecule has 0 atom stereocenters. The number of hydrogen-bond donors (Lipinski definition) is 3. The fourth-order valence-electron chi connectivity index (χ4n) is 2.93. The number of amides is 3. The molecule has 0 unspecified atom stereocenters. The van der Waals surface area contributed by atoms with Gasteiger partial charge in [0.15, 0.2) is 5.75 Å². The summed E-state index contributed by atoms with van der Waals surface area (Å²) in [5, 5.41) is 8.81.